The van der Waals surface area contributed by atoms with Crippen LogP contribution in [0.4, 0.5) is 11.4 Å². The van der Waals surface area contributed by atoms with E-state index in [9.17, 15) is 0 Å². The first-order chi connectivity index (χ1) is 9.15. The number of nitriles is 1. The lowest BCUT2D eigenvalue weighted by Gasteiger charge is -2.39. The number of rotatable bonds is 3. The van der Waals surface area contributed by atoms with Gasteiger partial charge in [-0.2, -0.15) is 5.26 Å². The van der Waals surface area contributed by atoms with Gasteiger partial charge in [0, 0.05) is 37.9 Å². The molecule has 0 radical (unpaired) electrons. The molecule has 0 aromatic heterocycles. The van der Waals surface area contributed by atoms with Crippen molar-refractivity contribution in [1.82, 2.24) is 4.90 Å². The summed E-state index contributed by atoms with van der Waals surface area (Å²) >= 11 is 0. The van der Waals surface area contributed by atoms with Crippen LogP contribution in [0.2, 0.25) is 0 Å². The van der Waals surface area contributed by atoms with E-state index in [4.69, 9.17) is 11.0 Å². The Bertz CT molecular complexity index is 470. The molecule has 0 amide bonds. The van der Waals surface area contributed by atoms with Crippen LogP contribution >= 0.6 is 0 Å². The van der Waals surface area contributed by atoms with Gasteiger partial charge in [-0.1, -0.05) is 6.92 Å². The fourth-order valence-electron chi connectivity index (χ4n) is 2.53. The molecule has 1 unspecified atom stereocenters. The number of nitrogens with zero attached hydrogens (tertiary/aromatic N) is 3. The molecule has 19 heavy (non-hydrogen) atoms. The maximum absolute atomic E-state index is 8.89. The Labute approximate surface area is 115 Å². The molecule has 1 aromatic rings. The van der Waals surface area contributed by atoms with Crippen molar-refractivity contribution in [3.8, 4) is 6.07 Å². The Morgan fingerprint density at radius 2 is 2.00 bits per heavy atom. The van der Waals surface area contributed by atoms with Gasteiger partial charge in [0.2, 0.25) is 0 Å². The van der Waals surface area contributed by atoms with E-state index in [-0.39, 0.29) is 0 Å². The average molecular weight is 258 g/mol. The van der Waals surface area contributed by atoms with Crippen molar-refractivity contribution in [2.24, 2.45) is 0 Å². The number of hydrogen-bond donors (Lipinski definition) is 1. The molecule has 2 rings (SSSR count). The molecule has 0 bridgehead atoms. The van der Waals surface area contributed by atoms with E-state index in [1.807, 2.05) is 18.2 Å². The normalized spacial score (nSPS) is 18.1. The number of anilines is 2. The van der Waals surface area contributed by atoms with Gasteiger partial charge in [0.1, 0.15) is 6.07 Å². The molecule has 102 valence electrons. The topological polar surface area (TPSA) is 56.3 Å². The largest absolute Gasteiger partial charge is 0.398 e. The molecule has 1 aliphatic heterocycles. The van der Waals surface area contributed by atoms with Crippen molar-refractivity contribution in [2.75, 3.05) is 36.8 Å². The van der Waals surface area contributed by atoms with Gasteiger partial charge in [-0.15, -0.1) is 0 Å². The van der Waals surface area contributed by atoms with Crippen molar-refractivity contribution >= 4 is 11.4 Å². The van der Waals surface area contributed by atoms with Crippen LogP contribution in [0.3, 0.4) is 0 Å². The molecule has 1 aromatic carbocycles. The van der Waals surface area contributed by atoms with E-state index in [1.165, 1.54) is 6.42 Å². The highest BCUT2D eigenvalue weighted by molar-refractivity contribution is 5.63. The number of piperazine rings is 1. The molecule has 1 heterocycles. The zero-order chi connectivity index (χ0) is 13.8. The highest BCUT2D eigenvalue weighted by atomic mass is 15.3. The Hall–Kier alpha value is -1.73. The smallest absolute Gasteiger partial charge is 0.101 e. The Morgan fingerprint density at radius 3 is 2.53 bits per heavy atom. The van der Waals surface area contributed by atoms with Crippen molar-refractivity contribution in [1.29, 1.82) is 5.26 Å². The Morgan fingerprint density at radius 1 is 1.32 bits per heavy atom. The third kappa shape index (κ3) is 2.99. The monoisotopic (exact) mass is 258 g/mol. The second-order valence-electron chi connectivity index (χ2n) is 5.16. The van der Waals surface area contributed by atoms with E-state index in [0.29, 0.717) is 17.3 Å². The van der Waals surface area contributed by atoms with Gasteiger partial charge >= 0.3 is 0 Å². The van der Waals surface area contributed by atoms with Crippen molar-refractivity contribution < 1.29 is 0 Å². The predicted molar refractivity (Wildman–Crippen MR) is 79.1 cm³/mol. The Kier molecular flexibility index (Phi) is 4.28. The van der Waals surface area contributed by atoms with Crippen LogP contribution in [0, 0.1) is 11.3 Å². The molecule has 1 saturated heterocycles. The summed E-state index contributed by atoms with van der Waals surface area (Å²) in [5, 5.41) is 8.89. The van der Waals surface area contributed by atoms with Crippen LogP contribution in [0.15, 0.2) is 18.2 Å². The highest BCUT2D eigenvalue weighted by Gasteiger charge is 2.20. The summed E-state index contributed by atoms with van der Waals surface area (Å²) in [6.45, 7) is 8.75. The minimum Gasteiger partial charge on any atom is -0.398 e. The van der Waals surface area contributed by atoms with Crippen molar-refractivity contribution in [2.45, 2.75) is 26.3 Å². The van der Waals surface area contributed by atoms with Crippen LogP contribution in [0.5, 0.6) is 0 Å². The lowest BCUT2D eigenvalue weighted by Crippen LogP contribution is -2.49. The second kappa shape index (κ2) is 5.94. The van der Waals surface area contributed by atoms with E-state index < -0.39 is 0 Å². The second-order valence-corrected chi connectivity index (χ2v) is 5.16. The lowest BCUT2D eigenvalue weighted by molar-refractivity contribution is 0.193. The van der Waals surface area contributed by atoms with Gasteiger partial charge in [-0.25, -0.2) is 0 Å². The molecular weight excluding hydrogens is 236 g/mol. The molecule has 0 spiro atoms. The van der Waals surface area contributed by atoms with Gasteiger partial charge in [-0.3, -0.25) is 4.90 Å². The summed E-state index contributed by atoms with van der Waals surface area (Å²) in [5.41, 5.74) is 8.13. The predicted octanol–water partition coefficient (Wildman–Crippen LogP) is 2.06. The molecule has 0 saturated carbocycles. The lowest BCUT2D eigenvalue weighted by atomic mass is 10.1. The first-order valence-electron chi connectivity index (χ1n) is 6.94. The standard InChI is InChI=1S/C15H22N4/c1-3-12(2)18-6-8-19(9-7-18)14-5-4-13(11-16)15(17)10-14/h4-5,10,12H,3,6-9,17H2,1-2H3. The fraction of sp³-hybridized carbons (Fsp3) is 0.533. The molecule has 4 nitrogen and oxygen atoms in total. The summed E-state index contributed by atoms with van der Waals surface area (Å²) < 4.78 is 0. The molecule has 1 aliphatic rings. The molecule has 1 atom stereocenters. The van der Waals surface area contributed by atoms with E-state index in [1.54, 1.807) is 0 Å². The zero-order valence-corrected chi connectivity index (χ0v) is 11.8. The van der Waals surface area contributed by atoms with Gasteiger partial charge in [0.15, 0.2) is 0 Å². The van der Waals surface area contributed by atoms with Crippen LogP contribution in [0.1, 0.15) is 25.8 Å². The third-order valence-corrected chi connectivity index (χ3v) is 4.05. The van der Waals surface area contributed by atoms with Gasteiger partial charge in [0.05, 0.1) is 11.3 Å². The maximum atomic E-state index is 8.89. The summed E-state index contributed by atoms with van der Waals surface area (Å²) in [7, 11) is 0. The number of nitrogen functional groups attached to an aromatic ring is 1. The number of nitrogens with two attached hydrogens (primary N) is 1. The highest BCUT2D eigenvalue weighted by Crippen LogP contribution is 2.22. The number of benzene rings is 1. The first-order valence-corrected chi connectivity index (χ1v) is 6.94. The number of hydrogen-bond acceptors (Lipinski definition) is 4. The third-order valence-electron chi connectivity index (χ3n) is 4.05. The van der Waals surface area contributed by atoms with Gasteiger partial charge in [-0.05, 0) is 31.5 Å². The molecule has 1 fully saturated rings. The maximum Gasteiger partial charge on any atom is 0.101 e. The van der Waals surface area contributed by atoms with E-state index in [2.05, 4.69) is 29.7 Å². The van der Waals surface area contributed by atoms with E-state index >= 15 is 0 Å². The first kappa shape index (κ1) is 13.7. The summed E-state index contributed by atoms with van der Waals surface area (Å²) in [5.74, 6) is 0. The van der Waals surface area contributed by atoms with Gasteiger partial charge in [0.25, 0.3) is 0 Å². The quantitative estimate of drug-likeness (QED) is 0.843. The van der Waals surface area contributed by atoms with Gasteiger partial charge < -0.3 is 10.6 Å². The molecule has 4 heteroatoms. The summed E-state index contributed by atoms with van der Waals surface area (Å²) in [4.78, 5) is 4.87. The molecular formula is C15H22N4. The Balaban J connectivity index is 2.02. The SMILES string of the molecule is CCC(C)N1CCN(c2ccc(C#N)c(N)c2)CC1. The zero-order valence-electron chi connectivity index (χ0n) is 11.8. The van der Waals surface area contributed by atoms with Crippen LogP contribution < -0.4 is 10.6 Å². The fourth-order valence-corrected chi connectivity index (χ4v) is 2.53. The van der Waals surface area contributed by atoms with Crippen LogP contribution in [0.25, 0.3) is 0 Å². The van der Waals surface area contributed by atoms with Crippen LogP contribution in [-0.4, -0.2) is 37.1 Å². The minimum atomic E-state index is 0.557. The summed E-state index contributed by atoms with van der Waals surface area (Å²) in [6.07, 6.45) is 1.20. The minimum absolute atomic E-state index is 0.557. The molecule has 2 N–H and O–H groups in total. The van der Waals surface area contributed by atoms with Crippen molar-refractivity contribution in [3.63, 3.8) is 0 Å². The molecule has 0 aliphatic carbocycles. The van der Waals surface area contributed by atoms with Crippen LogP contribution in [-0.2, 0) is 0 Å². The average Bonchev–Trinajstić information content (AvgIpc) is 2.46. The van der Waals surface area contributed by atoms with E-state index in [0.717, 1.165) is 31.9 Å². The van der Waals surface area contributed by atoms with Crippen molar-refractivity contribution in [3.05, 3.63) is 23.8 Å². The summed E-state index contributed by atoms with van der Waals surface area (Å²) in [6, 6.07) is 8.48.